The average molecular weight is 453 g/mol. The second-order valence-corrected chi connectivity index (χ2v) is 11.6. The number of hydrogen-bond donors (Lipinski definition) is 2. The SMILES string of the molecule is Cc1ccccc1C(=O)NC(C(=O)Nc1nnc(C23CC4CC(CC(C4)C2)C3)s1)C(C)C. The highest BCUT2D eigenvalue weighted by Crippen LogP contribution is 2.61. The highest BCUT2D eigenvalue weighted by Gasteiger charge is 2.53. The van der Waals surface area contributed by atoms with Crippen molar-refractivity contribution in [3.63, 3.8) is 0 Å². The van der Waals surface area contributed by atoms with Gasteiger partial charge in [0.15, 0.2) is 0 Å². The van der Waals surface area contributed by atoms with E-state index in [4.69, 9.17) is 0 Å². The van der Waals surface area contributed by atoms with Gasteiger partial charge in [-0.05, 0) is 80.8 Å². The molecule has 2 N–H and O–H groups in total. The molecule has 6 nitrogen and oxygen atoms in total. The lowest BCUT2D eigenvalue weighted by molar-refractivity contribution is -0.118. The number of anilines is 1. The lowest BCUT2D eigenvalue weighted by Gasteiger charge is -2.55. The zero-order valence-electron chi connectivity index (χ0n) is 19.1. The molecule has 4 fully saturated rings. The van der Waals surface area contributed by atoms with Crippen LogP contribution in [-0.2, 0) is 10.2 Å². The number of nitrogens with one attached hydrogen (secondary N) is 2. The Hall–Kier alpha value is -2.28. The summed E-state index contributed by atoms with van der Waals surface area (Å²) in [6.07, 6.45) is 7.84. The van der Waals surface area contributed by atoms with E-state index in [1.807, 2.05) is 39.0 Å². The number of aromatic nitrogens is 2. The summed E-state index contributed by atoms with van der Waals surface area (Å²) in [5, 5.41) is 16.4. The van der Waals surface area contributed by atoms with Crippen LogP contribution in [0.25, 0.3) is 0 Å². The molecule has 0 aliphatic heterocycles. The van der Waals surface area contributed by atoms with Gasteiger partial charge in [0.05, 0.1) is 0 Å². The monoisotopic (exact) mass is 452 g/mol. The zero-order chi connectivity index (χ0) is 22.5. The summed E-state index contributed by atoms with van der Waals surface area (Å²) in [5.41, 5.74) is 1.65. The summed E-state index contributed by atoms with van der Waals surface area (Å²) in [5.74, 6) is 1.98. The smallest absolute Gasteiger partial charge is 0.252 e. The lowest BCUT2D eigenvalue weighted by atomic mass is 9.50. The van der Waals surface area contributed by atoms with Crippen molar-refractivity contribution in [1.82, 2.24) is 15.5 Å². The van der Waals surface area contributed by atoms with Crippen molar-refractivity contribution >= 4 is 28.3 Å². The summed E-state index contributed by atoms with van der Waals surface area (Å²) in [7, 11) is 0. The summed E-state index contributed by atoms with van der Waals surface area (Å²) >= 11 is 1.53. The first-order valence-corrected chi connectivity index (χ1v) is 12.7. The number of carbonyl (C=O) groups excluding carboxylic acids is 2. The quantitative estimate of drug-likeness (QED) is 0.665. The van der Waals surface area contributed by atoms with E-state index in [1.54, 1.807) is 6.07 Å². The van der Waals surface area contributed by atoms with Crippen LogP contribution in [0.2, 0.25) is 0 Å². The average Bonchev–Trinajstić information content (AvgIpc) is 3.20. The van der Waals surface area contributed by atoms with Crippen LogP contribution in [0.3, 0.4) is 0 Å². The molecule has 1 aromatic carbocycles. The van der Waals surface area contributed by atoms with Crippen molar-refractivity contribution in [3.05, 3.63) is 40.4 Å². The van der Waals surface area contributed by atoms with Gasteiger partial charge < -0.3 is 5.32 Å². The number of nitrogens with zero attached hydrogens (tertiary/aromatic N) is 2. The van der Waals surface area contributed by atoms with Gasteiger partial charge in [-0.3, -0.25) is 14.9 Å². The molecule has 4 aliphatic carbocycles. The number of rotatable bonds is 6. The van der Waals surface area contributed by atoms with Crippen LogP contribution in [0.5, 0.6) is 0 Å². The second-order valence-electron chi connectivity index (χ2n) is 10.6. The van der Waals surface area contributed by atoms with Gasteiger partial charge in [-0.1, -0.05) is 43.4 Å². The summed E-state index contributed by atoms with van der Waals surface area (Å²) in [6.45, 7) is 5.76. The molecule has 1 atom stereocenters. The Morgan fingerprint density at radius 1 is 1.03 bits per heavy atom. The third kappa shape index (κ3) is 3.96. The predicted molar refractivity (Wildman–Crippen MR) is 126 cm³/mol. The first-order valence-electron chi connectivity index (χ1n) is 11.8. The molecule has 7 heteroatoms. The fourth-order valence-corrected chi connectivity index (χ4v) is 7.59. The summed E-state index contributed by atoms with van der Waals surface area (Å²) in [6, 6.07) is 6.76. The fraction of sp³-hybridized carbons (Fsp3) is 0.600. The molecule has 2 aromatic rings. The standard InChI is InChI=1S/C25H32N4O2S/c1-14(2)20(26-21(30)19-7-5-4-6-15(19)3)22(31)27-24-29-28-23(32-24)25-11-16-8-17(12-25)10-18(9-16)13-25/h4-7,14,16-18,20H,8-13H2,1-3H3,(H,26,30)(H,27,29,31). The Labute approximate surface area is 193 Å². The van der Waals surface area contributed by atoms with E-state index in [0.29, 0.717) is 10.7 Å². The van der Waals surface area contributed by atoms with Gasteiger partial charge in [-0.15, -0.1) is 10.2 Å². The Morgan fingerprint density at radius 3 is 2.25 bits per heavy atom. The van der Waals surface area contributed by atoms with E-state index in [0.717, 1.165) is 28.3 Å². The first kappa shape index (κ1) is 21.6. The fourth-order valence-electron chi connectivity index (χ4n) is 6.63. The molecular weight excluding hydrogens is 420 g/mol. The predicted octanol–water partition coefficient (Wildman–Crippen LogP) is 4.71. The molecule has 4 aliphatic rings. The molecule has 1 aromatic heterocycles. The third-order valence-corrected chi connectivity index (χ3v) is 8.86. The minimum Gasteiger partial charge on any atom is -0.340 e. The van der Waals surface area contributed by atoms with E-state index in [1.165, 1.54) is 49.9 Å². The highest BCUT2D eigenvalue weighted by atomic mass is 32.1. The van der Waals surface area contributed by atoms with E-state index < -0.39 is 6.04 Å². The molecule has 170 valence electrons. The molecule has 4 bridgehead atoms. The van der Waals surface area contributed by atoms with Crippen molar-refractivity contribution < 1.29 is 9.59 Å². The van der Waals surface area contributed by atoms with Crippen LogP contribution < -0.4 is 10.6 Å². The Balaban J connectivity index is 1.28. The highest BCUT2D eigenvalue weighted by molar-refractivity contribution is 7.15. The van der Waals surface area contributed by atoms with E-state index in [-0.39, 0.29) is 23.1 Å². The van der Waals surface area contributed by atoms with Crippen molar-refractivity contribution in [2.45, 2.75) is 70.8 Å². The molecule has 1 heterocycles. The largest absolute Gasteiger partial charge is 0.340 e. The summed E-state index contributed by atoms with van der Waals surface area (Å²) < 4.78 is 0. The molecule has 2 amide bonds. The molecule has 0 saturated heterocycles. The van der Waals surface area contributed by atoms with Gasteiger partial charge in [0.25, 0.3) is 5.91 Å². The maximum atomic E-state index is 13.1. The molecule has 1 unspecified atom stereocenters. The van der Waals surface area contributed by atoms with Gasteiger partial charge >= 0.3 is 0 Å². The maximum absolute atomic E-state index is 13.1. The van der Waals surface area contributed by atoms with Crippen LogP contribution in [0.1, 0.15) is 73.3 Å². The molecule has 4 saturated carbocycles. The van der Waals surface area contributed by atoms with Crippen molar-refractivity contribution in [3.8, 4) is 0 Å². The normalized spacial score (nSPS) is 29.2. The van der Waals surface area contributed by atoms with Gasteiger partial charge in [-0.25, -0.2) is 0 Å². The van der Waals surface area contributed by atoms with Gasteiger partial charge in [0.2, 0.25) is 11.0 Å². The van der Waals surface area contributed by atoms with Crippen molar-refractivity contribution in [2.75, 3.05) is 5.32 Å². The van der Waals surface area contributed by atoms with Crippen LogP contribution in [-0.4, -0.2) is 28.1 Å². The zero-order valence-corrected chi connectivity index (χ0v) is 19.9. The van der Waals surface area contributed by atoms with E-state index in [2.05, 4.69) is 20.8 Å². The molecule has 0 radical (unpaired) electrons. The topological polar surface area (TPSA) is 84.0 Å². The van der Waals surface area contributed by atoms with Crippen molar-refractivity contribution in [2.24, 2.45) is 23.7 Å². The molecule has 6 rings (SSSR count). The first-order chi connectivity index (χ1) is 15.3. The van der Waals surface area contributed by atoms with Crippen LogP contribution >= 0.6 is 11.3 Å². The number of aryl methyl sites for hydroxylation is 1. The van der Waals surface area contributed by atoms with Crippen LogP contribution in [0, 0.1) is 30.6 Å². The van der Waals surface area contributed by atoms with E-state index in [9.17, 15) is 9.59 Å². The van der Waals surface area contributed by atoms with Crippen LogP contribution in [0.4, 0.5) is 5.13 Å². The Bertz CT molecular complexity index is 995. The number of hydrogen-bond acceptors (Lipinski definition) is 5. The molecule has 32 heavy (non-hydrogen) atoms. The molecule has 0 spiro atoms. The number of carbonyl (C=O) groups is 2. The maximum Gasteiger partial charge on any atom is 0.252 e. The number of amides is 2. The Morgan fingerprint density at radius 2 is 1.66 bits per heavy atom. The van der Waals surface area contributed by atoms with Gasteiger partial charge in [0.1, 0.15) is 11.0 Å². The number of benzene rings is 1. The van der Waals surface area contributed by atoms with Crippen molar-refractivity contribution in [1.29, 1.82) is 0 Å². The van der Waals surface area contributed by atoms with E-state index >= 15 is 0 Å². The Kier molecular flexibility index (Phi) is 5.56. The lowest BCUT2D eigenvalue weighted by Crippen LogP contribution is -2.48. The minimum absolute atomic E-state index is 0.0569. The minimum atomic E-state index is -0.644. The third-order valence-electron chi connectivity index (χ3n) is 7.77. The van der Waals surface area contributed by atoms with Crippen LogP contribution in [0.15, 0.2) is 24.3 Å². The van der Waals surface area contributed by atoms with Gasteiger partial charge in [0, 0.05) is 11.0 Å². The summed E-state index contributed by atoms with van der Waals surface area (Å²) in [4.78, 5) is 25.9. The second kappa shape index (κ2) is 8.25. The van der Waals surface area contributed by atoms with Gasteiger partial charge in [-0.2, -0.15) is 0 Å². The molecular formula is C25H32N4O2S.